The fourth-order valence-corrected chi connectivity index (χ4v) is 5.55. The van der Waals surface area contributed by atoms with Crippen molar-refractivity contribution in [1.82, 2.24) is 0 Å². The zero-order valence-corrected chi connectivity index (χ0v) is 21.9. The Bertz CT molecular complexity index is 1010. The second-order valence-electron chi connectivity index (χ2n) is 8.84. The molecule has 34 heavy (non-hydrogen) atoms. The third-order valence-electron chi connectivity index (χ3n) is 6.71. The fourth-order valence-electron chi connectivity index (χ4n) is 4.52. The van der Waals surface area contributed by atoms with Crippen molar-refractivity contribution >= 4 is 17.7 Å². The first-order chi connectivity index (χ1) is 16.5. The third-order valence-corrected chi connectivity index (χ3v) is 7.85. The zero-order chi connectivity index (χ0) is 24.4. The van der Waals surface area contributed by atoms with Gasteiger partial charge in [-0.05, 0) is 68.5 Å². The van der Waals surface area contributed by atoms with E-state index in [1.54, 1.807) is 13.0 Å². The van der Waals surface area contributed by atoms with Gasteiger partial charge in [0, 0.05) is 21.4 Å². The summed E-state index contributed by atoms with van der Waals surface area (Å²) >= 11 is 1.87. The van der Waals surface area contributed by atoms with E-state index in [1.807, 2.05) is 17.8 Å². The van der Waals surface area contributed by atoms with Crippen molar-refractivity contribution in [2.75, 3.05) is 19.0 Å². The van der Waals surface area contributed by atoms with Gasteiger partial charge in [0.15, 0.2) is 5.76 Å². The van der Waals surface area contributed by atoms with Crippen molar-refractivity contribution in [3.63, 3.8) is 0 Å². The van der Waals surface area contributed by atoms with Gasteiger partial charge in [0.25, 0.3) is 0 Å². The van der Waals surface area contributed by atoms with Gasteiger partial charge < -0.3 is 13.9 Å². The van der Waals surface area contributed by atoms with Crippen molar-refractivity contribution in [1.29, 1.82) is 0 Å². The van der Waals surface area contributed by atoms with Crippen molar-refractivity contribution in [2.24, 2.45) is 0 Å². The summed E-state index contributed by atoms with van der Waals surface area (Å²) in [5.41, 5.74) is 2.46. The smallest absolute Gasteiger partial charge is 0.313 e. The van der Waals surface area contributed by atoms with Crippen LogP contribution in [-0.4, -0.2) is 24.9 Å². The maximum Gasteiger partial charge on any atom is 0.313 e. The number of hydrogen-bond acceptors (Lipinski definition) is 5. The highest BCUT2D eigenvalue weighted by Gasteiger charge is 2.35. The molecule has 0 amide bonds. The summed E-state index contributed by atoms with van der Waals surface area (Å²) in [6, 6.07) is 8.08. The van der Waals surface area contributed by atoms with Crippen molar-refractivity contribution < 1.29 is 18.7 Å². The predicted molar refractivity (Wildman–Crippen MR) is 139 cm³/mol. The molecule has 1 aliphatic heterocycles. The Morgan fingerprint density at radius 1 is 1.09 bits per heavy atom. The van der Waals surface area contributed by atoms with Crippen LogP contribution in [0.2, 0.25) is 0 Å². The lowest BCUT2D eigenvalue weighted by Crippen LogP contribution is -2.32. The van der Waals surface area contributed by atoms with E-state index in [2.05, 4.69) is 44.7 Å². The number of fused-ring (bicyclic) bond motifs is 1. The average Bonchev–Trinajstić information content (AvgIpc) is 3.29. The maximum absolute atomic E-state index is 11.7. The topological polar surface area (TPSA) is 48.7 Å². The molecule has 4 nitrogen and oxygen atoms in total. The highest BCUT2D eigenvalue weighted by atomic mass is 32.2. The Balaban J connectivity index is 1.88. The Morgan fingerprint density at radius 3 is 2.65 bits per heavy atom. The first kappa shape index (κ1) is 26.3. The van der Waals surface area contributed by atoms with Crippen LogP contribution in [0.1, 0.15) is 95.3 Å². The van der Waals surface area contributed by atoms with E-state index < -0.39 is 0 Å². The molecule has 2 aromatic rings. The number of rotatable bonds is 11. The Hall–Kier alpha value is -2.32. The summed E-state index contributed by atoms with van der Waals surface area (Å²) in [5, 5.41) is 0. The van der Waals surface area contributed by atoms with Crippen LogP contribution in [0.25, 0.3) is 0 Å². The summed E-state index contributed by atoms with van der Waals surface area (Å²) < 4.78 is 16.9. The predicted octanol–water partition coefficient (Wildman–Crippen LogP) is 7.30. The molecule has 0 fully saturated rings. The van der Waals surface area contributed by atoms with E-state index in [0.717, 1.165) is 42.9 Å². The minimum atomic E-state index is -0.289. The van der Waals surface area contributed by atoms with Crippen LogP contribution in [0.4, 0.5) is 0 Å². The lowest BCUT2D eigenvalue weighted by Gasteiger charge is -2.38. The molecule has 1 aromatic carbocycles. The number of esters is 1. The van der Waals surface area contributed by atoms with Crippen LogP contribution in [0, 0.1) is 11.8 Å². The second-order valence-corrected chi connectivity index (χ2v) is 9.97. The Morgan fingerprint density at radius 2 is 1.91 bits per heavy atom. The second kappa shape index (κ2) is 13.0. The lowest BCUT2D eigenvalue weighted by atomic mass is 9.71. The van der Waals surface area contributed by atoms with Crippen LogP contribution in [0.15, 0.2) is 33.6 Å². The van der Waals surface area contributed by atoms with Crippen molar-refractivity contribution in [3.8, 4) is 17.6 Å². The van der Waals surface area contributed by atoms with E-state index in [0.29, 0.717) is 18.1 Å². The molecule has 184 valence electrons. The summed E-state index contributed by atoms with van der Waals surface area (Å²) in [4.78, 5) is 12.9. The van der Waals surface area contributed by atoms with Gasteiger partial charge in [-0.3, -0.25) is 4.79 Å². The number of furan rings is 1. The van der Waals surface area contributed by atoms with Gasteiger partial charge in [-0.2, -0.15) is 0 Å². The van der Waals surface area contributed by atoms with Gasteiger partial charge in [0.2, 0.25) is 0 Å². The molecule has 0 radical (unpaired) electrons. The summed E-state index contributed by atoms with van der Waals surface area (Å²) in [6.07, 6.45) is 8.33. The fraction of sp³-hybridized carbons (Fsp3) is 0.552. The van der Waals surface area contributed by atoms with Gasteiger partial charge in [-0.1, -0.05) is 46.0 Å². The molecule has 0 spiro atoms. The molecule has 0 N–H and O–H groups in total. The standard InChI is InChI=1S/C29H38O4S/c1-5-9-10-11-18-34-27-21-26-25(29(6-2,7-3)16-17-32-26)19-22(27)12-13-23-14-15-24(33-23)20-28(30)31-8-4/h14-15,19,21H,5-11,16-18,20H2,1-4H3. The number of benzene rings is 1. The van der Waals surface area contributed by atoms with Crippen LogP contribution in [0.3, 0.4) is 0 Å². The normalized spacial score (nSPS) is 14.0. The molecule has 0 aliphatic carbocycles. The monoisotopic (exact) mass is 482 g/mol. The highest BCUT2D eigenvalue weighted by molar-refractivity contribution is 7.99. The Kier molecular flexibility index (Phi) is 10.0. The number of carbonyl (C=O) groups is 1. The summed E-state index contributed by atoms with van der Waals surface area (Å²) in [5.74, 6) is 9.50. The molecule has 1 aliphatic rings. The molecular weight excluding hydrogens is 444 g/mol. The highest BCUT2D eigenvalue weighted by Crippen LogP contribution is 2.46. The van der Waals surface area contributed by atoms with Crippen LogP contribution in [-0.2, 0) is 21.4 Å². The lowest BCUT2D eigenvalue weighted by molar-refractivity contribution is -0.142. The molecule has 0 atom stereocenters. The van der Waals surface area contributed by atoms with Crippen LogP contribution < -0.4 is 4.74 Å². The van der Waals surface area contributed by atoms with E-state index in [4.69, 9.17) is 13.9 Å². The maximum atomic E-state index is 11.7. The first-order valence-electron chi connectivity index (χ1n) is 12.8. The van der Waals surface area contributed by atoms with Gasteiger partial charge >= 0.3 is 5.97 Å². The van der Waals surface area contributed by atoms with Gasteiger partial charge in [-0.15, -0.1) is 11.8 Å². The average molecular weight is 483 g/mol. The van der Waals surface area contributed by atoms with Crippen molar-refractivity contribution in [2.45, 2.75) is 89.4 Å². The van der Waals surface area contributed by atoms with Gasteiger partial charge in [-0.25, -0.2) is 0 Å². The number of thioether (sulfide) groups is 1. The van der Waals surface area contributed by atoms with Gasteiger partial charge in [0.05, 0.1) is 13.2 Å². The number of unbranched alkanes of at least 4 members (excludes halogenated alkanes) is 3. The minimum absolute atomic E-state index is 0.125. The quantitative estimate of drug-likeness (QED) is 0.146. The molecule has 0 unspecified atom stereocenters. The first-order valence-corrected chi connectivity index (χ1v) is 13.7. The Labute approximate surface area is 209 Å². The molecular formula is C29H38O4S. The largest absolute Gasteiger partial charge is 0.493 e. The molecule has 0 saturated heterocycles. The number of carbonyl (C=O) groups excluding carboxylic acids is 1. The molecule has 0 saturated carbocycles. The summed E-state index contributed by atoms with van der Waals surface area (Å²) in [7, 11) is 0. The molecule has 3 rings (SSSR count). The van der Waals surface area contributed by atoms with E-state index in [-0.39, 0.29) is 17.8 Å². The molecule has 5 heteroatoms. The van der Waals surface area contributed by atoms with Crippen molar-refractivity contribution in [3.05, 3.63) is 46.9 Å². The van der Waals surface area contributed by atoms with E-state index in [1.165, 1.54) is 36.1 Å². The number of ether oxygens (including phenoxy) is 2. The molecule has 1 aromatic heterocycles. The van der Waals surface area contributed by atoms with Crippen LogP contribution in [0.5, 0.6) is 5.75 Å². The minimum Gasteiger partial charge on any atom is -0.493 e. The SMILES string of the molecule is CCCCCCSc1cc2c(cc1C#Cc1ccc(CC(=O)OCC)o1)C(CC)(CC)CCO2. The molecule has 0 bridgehead atoms. The third kappa shape index (κ3) is 6.63. The van der Waals surface area contributed by atoms with E-state index >= 15 is 0 Å². The van der Waals surface area contributed by atoms with Crippen LogP contribution >= 0.6 is 11.8 Å². The van der Waals surface area contributed by atoms with Gasteiger partial charge in [0.1, 0.15) is 17.9 Å². The zero-order valence-electron chi connectivity index (χ0n) is 21.1. The van der Waals surface area contributed by atoms with E-state index in [9.17, 15) is 4.79 Å². The molecule has 2 heterocycles. The summed E-state index contributed by atoms with van der Waals surface area (Å²) in [6.45, 7) is 9.72. The number of hydrogen-bond donors (Lipinski definition) is 0.